The van der Waals surface area contributed by atoms with Gasteiger partial charge in [0.2, 0.25) is 0 Å². The summed E-state index contributed by atoms with van der Waals surface area (Å²) < 4.78 is 0. The van der Waals surface area contributed by atoms with E-state index >= 15 is 0 Å². The molecular formula is C12H17N. The molecule has 5 aliphatic rings. The minimum atomic E-state index is 0.635. The van der Waals surface area contributed by atoms with Crippen LogP contribution in [0.5, 0.6) is 0 Å². The standard InChI is InChI=1S/C12H17N/c13-12-7-3-6-9-4-1-2-5(10(7)9)8(4)11(6)12/h4-12H,1-3,13H2. The Morgan fingerprint density at radius 3 is 2.08 bits per heavy atom. The Kier molecular flexibility index (Phi) is 0.793. The Morgan fingerprint density at radius 2 is 1.31 bits per heavy atom. The first kappa shape index (κ1) is 6.44. The molecule has 5 fully saturated rings. The van der Waals surface area contributed by atoms with E-state index in [0.29, 0.717) is 6.04 Å². The average Bonchev–Trinajstić information content (AvgIpc) is 2.77. The van der Waals surface area contributed by atoms with E-state index in [9.17, 15) is 0 Å². The van der Waals surface area contributed by atoms with Crippen LogP contribution >= 0.6 is 0 Å². The first-order valence-electron chi connectivity index (χ1n) is 6.13. The Labute approximate surface area is 79.1 Å². The van der Waals surface area contributed by atoms with Gasteiger partial charge in [-0.3, -0.25) is 0 Å². The van der Waals surface area contributed by atoms with Crippen LogP contribution in [0, 0.1) is 47.3 Å². The molecule has 70 valence electrons. The van der Waals surface area contributed by atoms with Gasteiger partial charge in [-0.1, -0.05) is 0 Å². The lowest BCUT2D eigenvalue weighted by Gasteiger charge is -2.45. The third-order valence-electron chi connectivity index (χ3n) is 6.67. The molecule has 0 aliphatic heterocycles. The van der Waals surface area contributed by atoms with Crippen LogP contribution in [0.25, 0.3) is 0 Å². The number of fused-ring (bicyclic) bond motifs is 3. The maximum Gasteiger partial charge on any atom is 0.0104 e. The minimum Gasteiger partial charge on any atom is -0.327 e. The van der Waals surface area contributed by atoms with Crippen molar-refractivity contribution in [1.29, 1.82) is 0 Å². The van der Waals surface area contributed by atoms with Gasteiger partial charge in [0, 0.05) is 6.04 Å². The number of hydrogen-bond acceptors (Lipinski definition) is 1. The molecule has 5 aliphatic carbocycles. The van der Waals surface area contributed by atoms with Crippen molar-refractivity contribution in [3.8, 4) is 0 Å². The van der Waals surface area contributed by atoms with Crippen LogP contribution in [-0.4, -0.2) is 6.04 Å². The van der Waals surface area contributed by atoms with Gasteiger partial charge in [0.25, 0.3) is 0 Å². The fraction of sp³-hybridized carbons (Fsp3) is 1.00. The highest BCUT2D eigenvalue weighted by molar-refractivity contribution is 5.26. The summed E-state index contributed by atoms with van der Waals surface area (Å²) in [5.74, 6) is 8.81. The largest absolute Gasteiger partial charge is 0.327 e. The van der Waals surface area contributed by atoms with Crippen LogP contribution in [0.1, 0.15) is 19.3 Å². The average molecular weight is 175 g/mol. The molecule has 6 bridgehead atoms. The van der Waals surface area contributed by atoms with Crippen molar-refractivity contribution in [3.05, 3.63) is 0 Å². The predicted molar refractivity (Wildman–Crippen MR) is 49.7 cm³/mol. The third kappa shape index (κ3) is 0.423. The zero-order valence-electron chi connectivity index (χ0n) is 7.89. The van der Waals surface area contributed by atoms with Gasteiger partial charge < -0.3 is 5.73 Å². The number of hydrogen-bond donors (Lipinski definition) is 1. The second kappa shape index (κ2) is 1.60. The molecule has 13 heavy (non-hydrogen) atoms. The van der Waals surface area contributed by atoms with E-state index in [-0.39, 0.29) is 0 Å². The Morgan fingerprint density at radius 1 is 0.692 bits per heavy atom. The van der Waals surface area contributed by atoms with Crippen molar-refractivity contribution in [2.75, 3.05) is 0 Å². The lowest BCUT2D eigenvalue weighted by atomic mass is 9.62. The number of nitrogens with two attached hydrogens (primary N) is 1. The second-order valence-corrected chi connectivity index (χ2v) is 6.36. The molecule has 0 heterocycles. The topological polar surface area (TPSA) is 26.0 Å². The highest BCUT2D eigenvalue weighted by Gasteiger charge is 2.76. The van der Waals surface area contributed by atoms with E-state index < -0.39 is 0 Å². The molecule has 2 N–H and O–H groups in total. The molecule has 9 unspecified atom stereocenters. The first-order chi connectivity index (χ1) is 6.38. The Balaban J connectivity index is 1.80. The van der Waals surface area contributed by atoms with Gasteiger partial charge in [-0.2, -0.15) is 0 Å². The van der Waals surface area contributed by atoms with E-state index in [1.165, 1.54) is 12.3 Å². The molecule has 0 spiro atoms. The quantitative estimate of drug-likeness (QED) is 0.593. The van der Waals surface area contributed by atoms with E-state index in [4.69, 9.17) is 5.73 Å². The summed E-state index contributed by atoms with van der Waals surface area (Å²) >= 11 is 0. The third-order valence-corrected chi connectivity index (χ3v) is 6.67. The van der Waals surface area contributed by atoms with Crippen molar-refractivity contribution in [3.63, 3.8) is 0 Å². The summed E-state index contributed by atoms with van der Waals surface area (Å²) in [5, 5.41) is 0. The van der Waals surface area contributed by atoms with Gasteiger partial charge in [-0.15, -0.1) is 0 Å². The minimum absolute atomic E-state index is 0.635. The molecule has 0 aromatic rings. The lowest BCUT2D eigenvalue weighted by molar-refractivity contribution is 0.0481. The van der Waals surface area contributed by atoms with Crippen LogP contribution in [0.15, 0.2) is 0 Å². The monoisotopic (exact) mass is 175 g/mol. The van der Waals surface area contributed by atoms with Crippen molar-refractivity contribution < 1.29 is 0 Å². The van der Waals surface area contributed by atoms with Crippen molar-refractivity contribution in [2.24, 2.45) is 53.1 Å². The lowest BCUT2D eigenvalue weighted by Crippen LogP contribution is -2.49. The maximum atomic E-state index is 6.37. The molecule has 0 saturated heterocycles. The van der Waals surface area contributed by atoms with E-state index in [0.717, 1.165) is 41.4 Å². The van der Waals surface area contributed by atoms with Gasteiger partial charge in [0.05, 0.1) is 0 Å². The van der Waals surface area contributed by atoms with Gasteiger partial charge in [-0.05, 0) is 66.6 Å². The van der Waals surface area contributed by atoms with Crippen LogP contribution in [0.2, 0.25) is 0 Å². The molecule has 0 aromatic carbocycles. The van der Waals surface area contributed by atoms with Gasteiger partial charge in [-0.25, -0.2) is 0 Å². The van der Waals surface area contributed by atoms with Crippen molar-refractivity contribution in [2.45, 2.75) is 25.3 Å². The van der Waals surface area contributed by atoms with E-state index in [1.807, 2.05) is 0 Å². The molecule has 0 aromatic heterocycles. The predicted octanol–water partition coefficient (Wildman–Crippen LogP) is 1.48. The van der Waals surface area contributed by atoms with Gasteiger partial charge in [0.15, 0.2) is 0 Å². The van der Waals surface area contributed by atoms with Crippen LogP contribution in [0.3, 0.4) is 0 Å². The highest BCUT2D eigenvalue weighted by Crippen LogP contribution is 2.79. The molecule has 0 amide bonds. The Bertz CT molecular complexity index is 278. The molecule has 1 heteroatoms. The molecule has 5 saturated carbocycles. The van der Waals surface area contributed by atoms with Crippen molar-refractivity contribution >= 4 is 0 Å². The maximum absolute atomic E-state index is 6.37. The zero-order valence-corrected chi connectivity index (χ0v) is 7.89. The van der Waals surface area contributed by atoms with Gasteiger partial charge in [0.1, 0.15) is 0 Å². The summed E-state index contributed by atoms with van der Waals surface area (Å²) in [6.07, 6.45) is 4.68. The number of rotatable bonds is 0. The summed E-state index contributed by atoms with van der Waals surface area (Å²) in [6.45, 7) is 0. The molecule has 5 rings (SSSR count). The summed E-state index contributed by atoms with van der Waals surface area (Å²) in [5.41, 5.74) is 6.37. The summed E-state index contributed by atoms with van der Waals surface area (Å²) in [6, 6.07) is 0.635. The smallest absolute Gasteiger partial charge is 0.0104 e. The summed E-state index contributed by atoms with van der Waals surface area (Å²) in [7, 11) is 0. The first-order valence-corrected chi connectivity index (χ1v) is 6.13. The fourth-order valence-corrected chi connectivity index (χ4v) is 6.90. The molecule has 0 radical (unpaired) electrons. The second-order valence-electron chi connectivity index (χ2n) is 6.36. The van der Waals surface area contributed by atoms with Crippen LogP contribution in [0.4, 0.5) is 0 Å². The van der Waals surface area contributed by atoms with E-state index in [2.05, 4.69) is 0 Å². The van der Waals surface area contributed by atoms with Crippen LogP contribution in [-0.2, 0) is 0 Å². The SMILES string of the molecule is NC1C2CC3C1C1C4CCC1C3C24. The molecule has 9 atom stereocenters. The fourth-order valence-electron chi connectivity index (χ4n) is 6.90. The molecule has 1 nitrogen and oxygen atoms in total. The normalized spacial score (nSPS) is 80.5. The Hall–Kier alpha value is -0.0400. The van der Waals surface area contributed by atoms with Gasteiger partial charge >= 0.3 is 0 Å². The van der Waals surface area contributed by atoms with E-state index in [1.54, 1.807) is 12.8 Å². The molecular weight excluding hydrogens is 158 g/mol. The summed E-state index contributed by atoms with van der Waals surface area (Å²) in [4.78, 5) is 0. The van der Waals surface area contributed by atoms with Crippen molar-refractivity contribution in [1.82, 2.24) is 0 Å². The zero-order chi connectivity index (χ0) is 8.32. The van der Waals surface area contributed by atoms with Crippen LogP contribution < -0.4 is 5.73 Å². The highest BCUT2D eigenvalue weighted by atomic mass is 14.9.